The maximum atomic E-state index is 12.9. The second kappa shape index (κ2) is 6.26. The van der Waals surface area contributed by atoms with Gasteiger partial charge in [-0.05, 0) is 61.3 Å². The van der Waals surface area contributed by atoms with E-state index in [2.05, 4.69) is 4.90 Å². The Labute approximate surface area is 144 Å². The van der Waals surface area contributed by atoms with Crippen LogP contribution in [0.5, 0.6) is 11.5 Å². The van der Waals surface area contributed by atoms with E-state index in [1.165, 1.54) is 0 Å². The van der Waals surface area contributed by atoms with Crippen molar-refractivity contribution in [3.8, 4) is 11.5 Å². The van der Waals surface area contributed by atoms with E-state index in [1.807, 2.05) is 18.2 Å². The largest absolute Gasteiger partial charge is 0.454 e. The fourth-order valence-corrected chi connectivity index (χ4v) is 3.55. The Bertz CT molecular complexity index is 752. The first-order valence-electron chi connectivity index (χ1n) is 8.33. The van der Waals surface area contributed by atoms with Crippen molar-refractivity contribution in [2.75, 3.05) is 19.9 Å². The number of likely N-dealkylation sites (tertiary alicyclic amines) is 1. The van der Waals surface area contributed by atoms with E-state index in [9.17, 15) is 13.2 Å². The van der Waals surface area contributed by atoms with Gasteiger partial charge in [0, 0.05) is 0 Å². The molecule has 0 bridgehead atoms. The van der Waals surface area contributed by atoms with Gasteiger partial charge in [0.2, 0.25) is 6.79 Å². The summed E-state index contributed by atoms with van der Waals surface area (Å²) in [6.07, 6.45) is -2.12. The summed E-state index contributed by atoms with van der Waals surface area (Å²) in [4.78, 5) is 2.31. The molecule has 6 heteroatoms. The molecule has 2 aliphatic rings. The fraction of sp³-hybridized carbons (Fsp3) is 0.368. The quantitative estimate of drug-likeness (QED) is 0.807. The Morgan fingerprint density at radius 1 is 0.840 bits per heavy atom. The molecular weight excluding hydrogens is 331 g/mol. The summed E-state index contributed by atoms with van der Waals surface area (Å²) in [7, 11) is 0. The molecular formula is C19H18F3NO2. The van der Waals surface area contributed by atoms with Gasteiger partial charge in [0.15, 0.2) is 11.5 Å². The van der Waals surface area contributed by atoms with Gasteiger partial charge in [-0.1, -0.05) is 18.2 Å². The Kier molecular flexibility index (Phi) is 4.07. The predicted molar refractivity (Wildman–Crippen MR) is 86.7 cm³/mol. The molecule has 0 spiro atoms. The molecule has 0 N–H and O–H groups in total. The average Bonchev–Trinajstić information content (AvgIpc) is 3.26. The number of benzene rings is 2. The zero-order valence-electron chi connectivity index (χ0n) is 13.6. The van der Waals surface area contributed by atoms with Crippen LogP contribution in [0.2, 0.25) is 0 Å². The molecule has 1 saturated heterocycles. The van der Waals surface area contributed by atoms with Crippen LogP contribution in [-0.2, 0) is 6.18 Å². The van der Waals surface area contributed by atoms with E-state index in [0.29, 0.717) is 11.5 Å². The molecule has 0 saturated carbocycles. The summed E-state index contributed by atoms with van der Waals surface area (Å²) in [5.74, 6) is 1.39. The summed E-state index contributed by atoms with van der Waals surface area (Å²) in [6, 6.07) is 11.2. The second-order valence-corrected chi connectivity index (χ2v) is 6.38. The van der Waals surface area contributed by atoms with Gasteiger partial charge in [-0.15, -0.1) is 0 Å². The first kappa shape index (κ1) is 16.3. The van der Waals surface area contributed by atoms with E-state index in [1.54, 1.807) is 12.1 Å². The van der Waals surface area contributed by atoms with Crippen LogP contribution in [0.15, 0.2) is 42.5 Å². The highest BCUT2D eigenvalue weighted by molar-refractivity contribution is 5.47. The van der Waals surface area contributed by atoms with E-state index < -0.39 is 11.7 Å². The smallest absolute Gasteiger partial charge is 0.416 e. The first-order chi connectivity index (χ1) is 12.0. The zero-order chi connectivity index (χ0) is 17.4. The third kappa shape index (κ3) is 3.18. The van der Waals surface area contributed by atoms with Crippen LogP contribution in [0.3, 0.4) is 0 Å². The molecule has 0 radical (unpaired) electrons. The third-order valence-electron chi connectivity index (χ3n) is 4.77. The number of hydrogen-bond donors (Lipinski definition) is 0. The molecule has 2 aromatic rings. The Morgan fingerprint density at radius 2 is 1.48 bits per heavy atom. The highest BCUT2D eigenvalue weighted by Crippen LogP contribution is 2.39. The lowest BCUT2D eigenvalue weighted by molar-refractivity contribution is -0.137. The van der Waals surface area contributed by atoms with Gasteiger partial charge in [-0.25, -0.2) is 0 Å². The standard InChI is InChI=1S/C19H18F3NO2/c20-19(21,22)15-6-3-13(4-7-15)18(23-9-1-2-10-23)14-5-8-16-17(11-14)25-12-24-16/h3-8,11,18H,1-2,9-10,12H2. The van der Waals surface area contributed by atoms with Crippen LogP contribution in [-0.4, -0.2) is 24.8 Å². The predicted octanol–water partition coefficient (Wildman–Crippen LogP) is 4.62. The molecule has 0 amide bonds. The molecule has 1 atom stereocenters. The van der Waals surface area contributed by atoms with Crippen molar-refractivity contribution in [1.29, 1.82) is 0 Å². The molecule has 0 aliphatic carbocycles. The van der Waals surface area contributed by atoms with Crippen LogP contribution in [0.1, 0.15) is 35.6 Å². The van der Waals surface area contributed by atoms with Gasteiger partial charge in [-0.3, -0.25) is 4.90 Å². The van der Waals surface area contributed by atoms with Crippen LogP contribution in [0.25, 0.3) is 0 Å². The van der Waals surface area contributed by atoms with Gasteiger partial charge in [0.1, 0.15) is 0 Å². The second-order valence-electron chi connectivity index (χ2n) is 6.38. The lowest BCUT2D eigenvalue weighted by Gasteiger charge is -2.29. The summed E-state index contributed by atoms with van der Waals surface area (Å²) in [6.45, 7) is 2.06. The van der Waals surface area contributed by atoms with E-state index in [0.717, 1.165) is 49.2 Å². The number of halogens is 3. The molecule has 2 heterocycles. The Hall–Kier alpha value is -2.21. The van der Waals surface area contributed by atoms with Crippen LogP contribution in [0.4, 0.5) is 13.2 Å². The topological polar surface area (TPSA) is 21.7 Å². The minimum atomic E-state index is -4.32. The minimum Gasteiger partial charge on any atom is -0.454 e. The van der Waals surface area contributed by atoms with Crippen molar-refractivity contribution in [3.05, 3.63) is 59.2 Å². The minimum absolute atomic E-state index is 0.0840. The first-order valence-corrected chi connectivity index (χ1v) is 8.33. The van der Waals surface area contributed by atoms with E-state index in [-0.39, 0.29) is 12.8 Å². The number of hydrogen-bond acceptors (Lipinski definition) is 3. The van der Waals surface area contributed by atoms with Crippen molar-refractivity contribution < 1.29 is 22.6 Å². The molecule has 25 heavy (non-hydrogen) atoms. The molecule has 1 fully saturated rings. The SMILES string of the molecule is FC(F)(F)c1ccc(C(c2ccc3c(c2)OCO3)N2CCCC2)cc1. The number of ether oxygens (including phenoxy) is 2. The van der Waals surface area contributed by atoms with Gasteiger partial charge >= 0.3 is 6.18 Å². The average molecular weight is 349 g/mol. The molecule has 132 valence electrons. The monoisotopic (exact) mass is 349 g/mol. The van der Waals surface area contributed by atoms with Crippen molar-refractivity contribution >= 4 is 0 Å². The number of fused-ring (bicyclic) bond motifs is 1. The lowest BCUT2D eigenvalue weighted by atomic mass is 9.96. The van der Waals surface area contributed by atoms with Gasteiger partial charge in [0.25, 0.3) is 0 Å². The Balaban J connectivity index is 1.71. The maximum Gasteiger partial charge on any atom is 0.416 e. The molecule has 4 rings (SSSR count). The van der Waals surface area contributed by atoms with Crippen molar-refractivity contribution in [1.82, 2.24) is 4.90 Å². The van der Waals surface area contributed by atoms with Crippen molar-refractivity contribution in [3.63, 3.8) is 0 Å². The van der Waals surface area contributed by atoms with Crippen molar-refractivity contribution in [2.45, 2.75) is 25.1 Å². The number of nitrogens with zero attached hydrogens (tertiary/aromatic N) is 1. The van der Waals surface area contributed by atoms with Gasteiger partial charge in [-0.2, -0.15) is 13.2 Å². The molecule has 1 unspecified atom stereocenters. The molecule has 0 aromatic heterocycles. The highest BCUT2D eigenvalue weighted by atomic mass is 19.4. The fourth-order valence-electron chi connectivity index (χ4n) is 3.55. The van der Waals surface area contributed by atoms with Crippen molar-refractivity contribution in [2.24, 2.45) is 0 Å². The summed E-state index contributed by atoms with van der Waals surface area (Å²) < 4.78 is 49.4. The summed E-state index contributed by atoms with van der Waals surface area (Å²) in [5.41, 5.74) is 1.24. The van der Waals surface area contributed by atoms with Crippen LogP contribution >= 0.6 is 0 Å². The van der Waals surface area contributed by atoms with Crippen LogP contribution in [0, 0.1) is 0 Å². The normalized spacial score (nSPS) is 18.5. The lowest BCUT2D eigenvalue weighted by Crippen LogP contribution is -2.26. The van der Waals surface area contributed by atoms with E-state index in [4.69, 9.17) is 9.47 Å². The highest BCUT2D eigenvalue weighted by Gasteiger charge is 2.31. The molecule has 3 nitrogen and oxygen atoms in total. The van der Waals surface area contributed by atoms with Gasteiger partial charge < -0.3 is 9.47 Å². The van der Waals surface area contributed by atoms with Crippen LogP contribution < -0.4 is 9.47 Å². The Morgan fingerprint density at radius 3 is 2.16 bits per heavy atom. The number of alkyl halides is 3. The zero-order valence-corrected chi connectivity index (χ0v) is 13.6. The number of rotatable bonds is 3. The van der Waals surface area contributed by atoms with Gasteiger partial charge in [0.05, 0.1) is 11.6 Å². The maximum absolute atomic E-state index is 12.9. The van der Waals surface area contributed by atoms with E-state index >= 15 is 0 Å². The third-order valence-corrected chi connectivity index (χ3v) is 4.77. The molecule has 2 aromatic carbocycles. The molecule has 2 aliphatic heterocycles. The summed E-state index contributed by atoms with van der Waals surface area (Å²) >= 11 is 0. The summed E-state index contributed by atoms with van der Waals surface area (Å²) in [5, 5.41) is 0.